The summed E-state index contributed by atoms with van der Waals surface area (Å²) in [6.45, 7) is 4.06. The van der Waals surface area contributed by atoms with E-state index in [4.69, 9.17) is 0 Å². The number of rotatable bonds is 7. The molecule has 4 nitrogen and oxygen atoms in total. The van der Waals surface area contributed by atoms with Crippen molar-refractivity contribution in [2.75, 3.05) is 44.3 Å². The molecule has 0 spiro atoms. The predicted octanol–water partition coefficient (Wildman–Crippen LogP) is 4.75. The second-order valence-corrected chi connectivity index (χ2v) is 8.63. The Morgan fingerprint density at radius 3 is 1.97 bits per heavy atom. The van der Waals surface area contributed by atoms with Crippen LogP contribution in [0.4, 0.5) is 5.69 Å². The summed E-state index contributed by atoms with van der Waals surface area (Å²) < 4.78 is 0. The number of nitrogens with one attached hydrogen (secondary N) is 1. The highest BCUT2D eigenvalue weighted by atomic mass is 32.2. The standard InChI is InChI=1S/C26H29N3OS/c1-31-24-15-9-8-14-23(24)27-25(30)20-28-16-18-29(19-17-28)26(21-10-4-2-5-11-21)22-12-6-3-7-13-22/h2-15,26H,16-20H2,1H3,(H,27,30). The Balaban J connectivity index is 1.38. The van der Waals surface area contributed by atoms with Crippen molar-refractivity contribution >= 4 is 23.4 Å². The lowest BCUT2D eigenvalue weighted by Gasteiger charge is -2.39. The zero-order valence-corrected chi connectivity index (χ0v) is 18.7. The molecule has 1 saturated heterocycles. The maximum Gasteiger partial charge on any atom is 0.238 e. The van der Waals surface area contributed by atoms with Gasteiger partial charge in [0.2, 0.25) is 5.91 Å². The van der Waals surface area contributed by atoms with Crippen LogP contribution in [0.15, 0.2) is 89.8 Å². The van der Waals surface area contributed by atoms with Crippen molar-refractivity contribution in [2.45, 2.75) is 10.9 Å². The van der Waals surface area contributed by atoms with Crippen molar-refractivity contribution in [2.24, 2.45) is 0 Å². The molecule has 0 radical (unpaired) electrons. The van der Waals surface area contributed by atoms with Gasteiger partial charge in [-0.05, 0) is 29.5 Å². The molecule has 3 aromatic rings. The van der Waals surface area contributed by atoms with Crippen LogP contribution >= 0.6 is 11.8 Å². The second kappa shape index (κ2) is 10.6. The maximum atomic E-state index is 12.6. The Bertz CT molecular complexity index is 933. The molecular weight excluding hydrogens is 402 g/mol. The van der Waals surface area contributed by atoms with Crippen molar-refractivity contribution < 1.29 is 4.79 Å². The van der Waals surface area contributed by atoms with Crippen molar-refractivity contribution in [3.63, 3.8) is 0 Å². The molecule has 0 bridgehead atoms. The fourth-order valence-corrected chi connectivity index (χ4v) is 4.76. The first kappa shape index (κ1) is 21.6. The molecule has 31 heavy (non-hydrogen) atoms. The smallest absolute Gasteiger partial charge is 0.238 e. The molecule has 1 aliphatic rings. The summed E-state index contributed by atoms with van der Waals surface area (Å²) in [6, 6.07) is 29.6. The molecule has 1 fully saturated rings. The van der Waals surface area contributed by atoms with Gasteiger partial charge in [-0.1, -0.05) is 72.8 Å². The quantitative estimate of drug-likeness (QED) is 0.548. The first-order valence-electron chi connectivity index (χ1n) is 10.7. The van der Waals surface area contributed by atoms with Gasteiger partial charge in [0.25, 0.3) is 0 Å². The first-order chi connectivity index (χ1) is 15.2. The summed E-state index contributed by atoms with van der Waals surface area (Å²) in [7, 11) is 0. The van der Waals surface area contributed by atoms with Crippen LogP contribution in [-0.2, 0) is 4.79 Å². The normalized spacial score (nSPS) is 15.2. The molecule has 3 aromatic carbocycles. The van der Waals surface area contributed by atoms with E-state index in [1.54, 1.807) is 11.8 Å². The Morgan fingerprint density at radius 1 is 0.839 bits per heavy atom. The highest BCUT2D eigenvalue weighted by molar-refractivity contribution is 7.98. The van der Waals surface area contributed by atoms with Crippen LogP contribution in [-0.4, -0.2) is 54.7 Å². The van der Waals surface area contributed by atoms with Crippen molar-refractivity contribution in [3.05, 3.63) is 96.1 Å². The van der Waals surface area contributed by atoms with Gasteiger partial charge in [0.1, 0.15) is 0 Å². The van der Waals surface area contributed by atoms with Crippen LogP contribution < -0.4 is 5.32 Å². The maximum absolute atomic E-state index is 12.6. The highest BCUT2D eigenvalue weighted by Crippen LogP contribution is 2.29. The van der Waals surface area contributed by atoms with Gasteiger partial charge >= 0.3 is 0 Å². The monoisotopic (exact) mass is 431 g/mol. The number of amides is 1. The Labute approximate surface area is 189 Å². The molecule has 1 heterocycles. The van der Waals surface area contributed by atoms with Crippen LogP contribution in [0, 0.1) is 0 Å². The van der Waals surface area contributed by atoms with E-state index < -0.39 is 0 Å². The summed E-state index contributed by atoms with van der Waals surface area (Å²) >= 11 is 1.65. The molecule has 0 atom stereocenters. The van der Waals surface area contributed by atoms with E-state index in [1.807, 2.05) is 30.5 Å². The zero-order chi connectivity index (χ0) is 21.5. The average Bonchev–Trinajstić information content (AvgIpc) is 2.82. The third-order valence-electron chi connectivity index (χ3n) is 5.75. The number of hydrogen-bond acceptors (Lipinski definition) is 4. The summed E-state index contributed by atoms with van der Waals surface area (Å²) in [4.78, 5) is 18.5. The van der Waals surface area contributed by atoms with E-state index in [9.17, 15) is 4.79 Å². The van der Waals surface area contributed by atoms with Gasteiger partial charge in [-0.2, -0.15) is 0 Å². The number of piperazine rings is 1. The van der Waals surface area contributed by atoms with Gasteiger partial charge in [0.05, 0.1) is 18.3 Å². The lowest BCUT2D eigenvalue weighted by atomic mass is 9.96. The minimum atomic E-state index is 0.0534. The van der Waals surface area contributed by atoms with Crippen LogP contribution in [0.1, 0.15) is 17.2 Å². The minimum absolute atomic E-state index is 0.0534. The minimum Gasteiger partial charge on any atom is -0.324 e. The number of hydrogen-bond donors (Lipinski definition) is 1. The Kier molecular flexibility index (Phi) is 7.41. The van der Waals surface area contributed by atoms with E-state index >= 15 is 0 Å². The molecule has 0 aromatic heterocycles. The average molecular weight is 432 g/mol. The molecule has 5 heteroatoms. The largest absolute Gasteiger partial charge is 0.324 e. The number of benzene rings is 3. The van der Waals surface area contributed by atoms with E-state index in [0.29, 0.717) is 6.54 Å². The Hall–Kier alpha value is -2.60. The zero-order valence-electron chi connectivity index (χ0n) is 17.9. The van der Waals surface area contributed by atoms with Gasteiger partial charge in [0.15, 0.2) is 0 Å². The SMILES string of the molecule is CSc1ccccc1NC(=O)CN1CCN(C(c2ccccc2)c2ccccc2)CC1. The van der Waals surface area contributed by atoms with E-state index in [2.05, 4.69) is 75.8 Å². The summed E-state index contributed by atoms with van der Waals surface area (Å²) in [5, 5.41) is 3.08. The van der Waals surface area contributed by atoms with E-state index in [0.717, 1.165) is 36.8 Å². The lowest BCUT2D eigenvalue weighted by Crippen LogP contribution is -2.49. The topological polar surface area (TPSA) is 35.6 Å². The molecule has 1 amide bonds. The third-order valence-corrected chi connectivity index (χ3v) is 6.55. The van der Waals surface area contributed by atoms with Gasteiger partial charge in [-0.25, -0.2) is 0 Å². The molecule has 160 valence electrons. The van der Waals surface area contributed by atoms with Crippen LogP contribution in [0.5, 0.6) is 0 Å². The number of nitrogens with zero attached hydrogens (tertiary/aromatic N) is 2. The fraction of sp³-hybridized carbons (Fsp3) is 0.269. The third kappa shape index (κ3) is 5.56. The molecule has 1 N–H and O–H groups in total. The number of anilines is 1. The number of para-hydroxylation sites is 1. The van der Waals surface area contributed by atoms with Crippen LogP contribution in [0.2, 0.25) is 0 Å². The molecule has 1 aliphatic heterocycles. The summed E-state index contributed by atoms with van der Waals surface area (Å²) in [5.41, 5.74) is 3.52. The molecule has 0 aliphatic carbocycles. The summed E-state index contributed by atoms with van der Waals surface area (Å²) in [5.74, 6) is 0.0534. The van der Waals surface area contributed by atoms with E-state index in [-0.39, 0.29) is 11.9 Å². The van der Waals surface area contributed by atoms with Gasteiger partial charge in [-0.3, -0.25) is 14.6 Å². The highest BCUT2D eigenvalue weighted by Gasteiger charge is 2.27. The van der Waals surface area contributed by atoms with Crippen molar-refractivity contribution in [3.8, 4) is 0 Å². The molecular formula is C26H29N3OS. The predicted molar refractivity (Wildman–Crippen MR) is 130 cm³/mol. The number of carbonyl (C=O) groups is 1. The van der Waals surface area contributed by atoms with Gasteiger partial charge in [0, 0.05) is 31.1 Å². The second-order valence-electron chi connectivity index (χ2n) is 7.78. The molecule has 0 unspecified atom stereocenters. The van der Waals surface area contributed by atoms with Gasteiger partial charge in [-0.15, -0.1) is 11.8 Å². The number of carbonyl (C=O) groups excluding carboxylic acids is 1. The lowest BCUT2D eigenvalue weighted by molar-refractivity contribution is -0.117. The van der Waals surface area contributed by atoms with Gasteiger partial charge < -0.3 is 5.32 Å². The number of thioether (sulfide) groups is 1. The van der Waals surface area contributed by atoms with Crippen LogP contribution in [0.25, 0.3) is 0 Å². The first-order valence-corrected chi connectivity index (χ1v) is 12.0. The molecule has 4 rings (SSSR count). The summed E-state index contributed by atoms with van der Waals surface area (Å²) in [6.07, 6.45) is 2.03. The van der Waals surface area contributed by atoms with E-state index in [1.165, 1.54) is 11.1 Å². The Morgan fingerprint density at radius 2 is 1.39 bits per heavy atom. The van der Waals surface area contributed by atoms with Crippen molar-refractivity contribution in [1.29, 1.82) is 0 Å². The fourth-order valence-electron chi connectivity index (χ4n) is 4.21. The van der Waals surface area contributed by atoms with Crippen LogP contribution in [0.3, 0.4) is 0 Å². The van der Waals surface area contributed by atoms with Crippen molar-refractivity contribution in [1.82, 2.24) is 9.80 Å². The molecule has 0 saturated carbocycles.